The summed E-state index contributed by atoms with van der Waals surface area (Å²) in [5, 5.41) is 14.4. The van der Waals surface area contributed by atoms with Crippen molar-refractivity contribution in [3.05, 3.63) is 24.3 Å². The summed E-state index contributed by atoms with van der Waals surface area (Å²) >= 11 is 0. The summed E-state index contributed by atoms with van der Waals surface area (Å²) in [5.41, 5.74) is 2.61. The number of anilines is 1. The van der Waals surface area contributed by atoms with E-state index in [0.29, 0.717) is 18.0 Å². The molecule has 0 aliphatic carbocycles. The highest BCUT2D eigenvalue weighted by molar-refractivity contribution is 6.46. The Morgan fingerprint density at radius 3 is 2.45 bits per heavy atom. The van der Waals surface area contributed by atoms with E-state index in [-0.39, 0.29) is 6.61 Å². The third kappa shape index (κ3) is 5.50. The van der Waals surface area contributed by atoms with Gasteiger partial charge in [-0.15, -0.1) is 0 Å². The third-order valence-electron chi connectivity index (χ3n) is 2.27. The van der Waals surface area contributed by atoms with Crippen molar-refractivity contribution in [3.63, 3.8) is 0 Å². The molecule has 0 spiro atoms. The maximum Gasteiger partial charge on any atom is 0.414 e. The van der Waals surface area contributed by atoms with Gasteiger partial charge in [0, 0.05) is 0 Å². The van der Waals surface area contributed by atoms with Gasteiger partial charge in [0.05, 0.1) is 18.9 Å². The second-order valence-corrected chi connectivity index (χ2v) is 3.82. The number of amides is 2. The van der Waals surface area contributed by atoms with E-state index in [2.05, 4.69) is 15.3 Å². The fourth-order valence-corrected chi connectivity index (χ4v) is 1.36. The third-order valence-corrected chi connectivity index (χ3v) is 2.27. The SMILES string of the molecule is CCOC(=O)NC(=O)/C(C#N)=N\Nc1ccc(OCC)cc1. The number of nitriles is 1. The molecule has 0 fully saturated rings. The molecule has 1 aromatic rings. The van der Waals surface area contributed by atoms with E-state index in [0.717, 1.165) is 0 Å². The van der Waals surface area contributed by atoms with E-state index in [9.17, 15) is 9.59 Å². The number of alkyl carbamates (subject to hydrolysis) is 1. The summed E-state index contributed by atoms with van der Waals surface area (Å²) < 4.78 is 9.82. The fraction of sp³-hybridized carbons (Fsp3) is 0.286. The van der Waals surface area contributed by atoms with Gasteiger partial charge in [0.2, 0.25) is 5.71 Å². The molecule has 0 aliphatic heterocycles. The van der Waals surface area contributed by atoms with Gasteiger partial charge in [0.1, 0.15) is 11.8 Å². The number of carbonyl (C=O) groups excluding carboxylic acids is 2. The van der Waals surface area contributed by atoms with Crippen molar-refractivity contribution < 1.29 is 19.1 Å². The molecule has 2 amide bonds. The van der Waals surface area contributed by atoms with Gasteiger partial charge in [-0.2, -0.15) is 10.4 Å². The molecule has 22 heavy (non-hydrogen) atoms. The van der Waals surface area contributed by atoms with Crippen LogP contribution in [-0.4, -0.2) is 30.9 Å². The lowest BCUT2D eigenvalue weighted by molar-refractivity contribution is -0.114. The number of carbonyl (C=O) groups is 2. The Balaban J connectivity index is 2.66. The Bertz CT molecular complexity index is 590. The Morgan fingerprint density at radius 1 is 1.23 bits per heavy atom. The molecule has 1 aromatic carbocycles. The van der Waals surface area contributed by atoms with E-state index >= 15 is 0 Å². The van der Waals surface area contributed by atoms with Crippen molar-refractivity contribution in [3.8, 4) is 11.8 Å². The summed E-state index contributed by atoms with van der Waals surface area (Å²) in [7, 11) is 0. The van der Waals surface area contributed by atoms with Gasteiger partial charge in [0.15, 0.2) is 0 Å². The van der Waals surface area contributed by atoms with Crippen molar-refractivity contribution in [1.82, 2.24) is 5.32 Å². The lowest BCUT2D eigenvalue weighted by Gasteiger charge is -2.05. The van der Waals surface area contributed by atoms with E-state index in [1.807, 2.05) is 12.2 Å². The molecule has 1 rings (SSSR count). The van der Waals surface area contributed by atoms with Crippen LogP contribution in [0.3, 0.4) is 0 Å². The number of imide groups is 1. The summed E-state index contributed by atoms with van der Waals surface area (Å²) in [6.45, 7) is 4.13. The van der Waals surface area contributed by atoms with Crippen molar-refractivity contribution in [1.29, 1.82) is 5.26 Å². The maximum atomic E-state index is 11.6. The number of hydrogen-bond acceptors (Lipinski definition) is 7. The van der Waals surface area contributed by atoms with Crippen molar-refractivity contribution in [2.45, 2.75) is 13.8 Å². The first-order chi connectivity index (χ1) is 10.6. The highest BCUT2D eigenvalue weighted by Crippen LogP contribution is 2.15. The molecule has 2 N–H and O–H groups in total. The largest absolute Gasteiger partial charge is 0.494 e. The van der Waals surface area contributed by atoms with Crippen LogP contribution >= 0.6 is 0 Å². The fourth-order valence-electron chi connectivity index (χ4n) is 1.36. The van der Waals surface area contributed by atoms with Crippen LogP contribution in [0.5, 0.6) is 5.75 Å². The molecule has 0 aromatic heterocycles. The molecule has 8 heteroatoms. The minimum absolute atomic E-state index is 0.114. The zero-order valence-corrected chi connectivity index (χ0v) is 12.3. The minimum Gasteiger partial charge on any atom is -0.494 e. The predicted molar refractivity (Wildman–Crippen MR) is 79.4 cm³/mol. The highest BCUT2D eigenvalue weighted by atomic mass is 16.5. The zero-order chi connectivity index (χ0) is 16.4. The Morgan fingerprint density at radius 2 is 1.91 bits per heavy atom. The molecule has 8 nitrogen and oxygen atoms in total. The molecule has 0 aliphatic rings. The predicted octanol–water partition coefficient (Wildman–Crippen LogP) is 1.65. The molecule has 0 radical (unpaired) electrons. The molecular weight excluding hydrogens is 288 g/mol. The van der Waals surface area contributed by atoms with Crippen LogP contribution < -0.4 is 15.5 Å². The van der Waals surface area contributed by atoms with Crippen LogP contribution in [0.1, 0.15) is 13.8 Å². The smallest absolute Gasteiger partial charge is 0.414 e. The quantitative estimate of drug-likeness (QED) is 0.610. The van der Waals surface area contributed by atoms with Crippen molar-refractivity contribution >= 4 is 23.4 Å². The molecule has 0 unspecified atom stereocenters. The Hall–Kier alpha value is -3.08. The van der Waals surface area contributed by atoms with E-state index in [4.69, 9.17) is 10.00 Å². The van der Waals surface area contributed by atoms with Gasteiger partial charge in [-0.05, 0) is 38.1 Å². The topological polar surface area (TPSA) is 113 Å². The Kier molecular flexibility index (Phi) is 6.92. The Labute approximate surface area is 127 Å². The molecule has 0 saturated heterocycles. The number of rotatable bonds is 6. The summed E-state index contributed by atoms with van der Waals surface area (Å²) in [5.74, 6) is -0.253. The van der Waals surface area contributed by atoms with Crippen molar-refractivity contribution in [2.75, 3.05) is 18.6 Å². The first-order valence-electron chi connectivity index (χ1n) is 6.55. The normalized spacial score (nSPS) is 10.3. The first-order valence-corrected chi connectivity index (χ1v) is 6.55. The van der Waals surface area contributed by atoms with E-state index < -0.39 is 17.7 Å². The zero-order valence-electron chi connectivity index (χ0n) is 12.3. The van der Waals surface area contributed by atoms with Gasteiger partial charge in [-0.3, -0.25) is 15.5 Å². The first kappa shape index (κ1) is 17.0. The van der Waals surface area contributed by atoms with Crippen LogP contribution in [0.4, 0.5) is 10.5 Å². The van der Waals surface area contributed by atoms with Crippen LogP contribution in [-0.2, 0) is 9.53 Å². The highest BCUT2D eigenvalue weighted by Gasteiger charge is 2.15. The summed E-state index contributed by atoms with van der Waals surface area (Å²) in [6, 6.07) is 8.37. The molecule has 116 valence electrons. The van der Waals surface area contributed by atoms with Crippen LogP contribution in [0, 0.1) is 11.3 Å². The van der Waals surface area contributed by atoms with Gasteiger partial charge in [-0.25, -0.2) is 4.79 Å². The number of ether oxygens (including phenoxy) is 2. The average Bonchev–Trinajstić information content (AvgIpc) is 2.50. The van der Waals surface area contributed by atoms with Crippen molar-refractivity contribution in [2.24, 2.45) is 5.10 Å². The monoisotopic (exact) mass is 304 g/mol. The lowest BCUT2D eigenvalue weighted by Crippen LogP contribution is -2.36. The molecular formula is C14H16N4O4. The van der Waals surface area contributed by atoms with Crippen LogP contribution in [0.25, 0.3) is 0 Å². The maximum absolute atomic E-state index is 11.6. The number of hydrogen-bond donors (Lipinski definition) is 2. The van der Waals surface area contributed by atoms with E-state index in [1.54, 1.807) is 37.3 Å². The number of nitrogens with zero attached hydrogens (tertiary/aromatic N) is 2. The molecule has 0 atom stereocenters. The van der Waals surface area contributed by atoms with E-state index in [1.165, 1.54) is 0 Å². The average molecular weight is 304 g/mol. The van der Waals surface area contributed by atoms with Gasteiger partial charge < -0.3 is 9.47 Å². The lowest BCUT2D eigenvalue weighted by atomic mass is 10.3. The molecule has 0 saturated carbocycles. The van der Waals surface area contributed by atoms with Gasteiger partial charge in [-0.1, -0.05) is 0 Å². The molecule has 0 bridgehead atoms. The molecule has 0 heterocycles. The van der Waals surface area contributed by atoms with Gasteiger partial charge >= 0.3 is 6.09 Å². The second-order valence-electron chi connectivity index (χ2n) is 3.82. The summed E-state index contributed by atoms with van der Waals surface area (Å²) in [4.78, 5) is 22.7. The summed E-state index contributed by atoms with van der Waals surface area (Å²) in [6.07, 6.45) is -0.934. The van der Waals surface area contributed by atoms with Crippen LogP contribution in [0.2, 0.25) is 0 Å². The number of nitrogens with one attached hydrogen (secondary N) is 2. The second kappa shape index (κ2) is 8.97. The standard InChI is InChI=1S/C14H16N4O4/c1-3-21-11-7-5-10(6-8-11)17-18-12(9-15)13(19)16-14(20)22-4-2/h5-8,17H,3-4H2,1-2H3,(H,16,19,20)/b18-12-. The van der Waals surface area contributed by atoms with Crippen LogP contribution in [0.15, 0.2) is 29.4 Å². The van der Waals surface area contributed by atoms with Gasteiger partial charge in [0.25, 0.3) is 5.91 Å². The minimum atomic E-state index is -0.945. The number of benzene rings is 1. The number of hydrazone groups is 1.